The Morgan fingerprint density at radius 3 is 2.62 bits per heavy atom. The number of carbonyl (C=O) groups excluding carboxylic acids is 1. The van der Waals surface area contributed by atoms with Crippen molar-refractivity contribution in [2.24, 2.45) is 11.7 Å². The Bertz CT molecular complexity index is 234. The molecule has 0 aliphatic heterocycles. The molecular weight excluding hydrogens is 202 g/mol. The first-order valence-corrected chi connectivity index (χ1v) is 5.88. The summed E-state index contributed by atoms with van der Waals surface area (Å²) in [4.78, 5) is 10.5. The number of amides is 1. The van der Waals surface area contributed by atoms with E-state index in [-0.39, 0.29) is 11.5 Å². The van der Waals surface area contributed by atoms with Crippen LogP contribution in [0.5, 0.6) is 0 Å². The summed E-state index contributed by atoms with van der Waals surface area (Å²) in [6.07, 6.45) is 7.57. The van der Waals surface area contributed by atoms with Crippen molar-refractivity contribution in [3.63, 3.8) is 0 Å². The Morgan fingerprint density at radius 1 is 1.50 bits per heavy atom. The molecule has 2 N–H and O–H groups in total. The van der Waals surface area contributed by atoms with Gasteiger partial charge in [-0.25, -0.2) is 0 Å². The Morgan fingerprint density at radius 2 is 2.12 bits per heavy atom. The van der Waals surface area contributed by atoms with Crippen LogP contribution < -0.4 is 5.73 Å². The molecule has 1 amide bonds. The van der Waals surface area contributed by atoms with E-state index in [0.29, 0.717) is 5.92 Å². The molecule has 3 heteroatoms. The van der Waals surface area contributed by atoms with Gasteiger partial charge in [0.25, 0.3) is 0 Å². The largest absolute Gasteiger partial charge is 0.379 e. The average Bonchev–Trinajstić information content (AvgIpc) is 2.17. The van der Waals surface area contributed by atoms with Crippen molar-refractivity contribution in [1.29, 1.82) is 0 Å². The van der Waals surface area contributed by atoms with Gasteiger partial charge in [-0.2, -0.15) is 0 Å². The van der Waals surface area contributed by atoms with Gasteiger partial charge in [0.05, 0.1) is 5.60 Å². The van der Waals surface area contributed by atoms with Crippen LogP contribution in [0, 0.1) is 5.92 Å². The lowest BCUT2D eigenvalue weighted by Crippen LogP contribution is -2.22. The normalized spacial score (nSPS) is 14.2. The van der Waals surface area contributed by atoms with Crippen LogP contribution in [0.4, 0.5) is 0 Å². The lowest BCUT2D eigenvalue weighted by atomic mass is 9.95. The molecule has 0 aliphatic rings. The van der Waals surface area contributed by atoms with Gasteiger partial charge in [-0.15, -0.1) is 0 Å². The molecule has 0 heterocycles. The molecule has 1 atom stereocenters. The Kier molecular flexibility index (Phi) is 7.06. The smallest absolute Gasteiger partial charge is 0.241 e. The van der Waals surface area contributed by atoms with Gasteiger partial charge >= 0.3 is 0 Å². The van der Waals surface area contributed by atoms with Crippen molar-refractivity contribution in [3.05, 3.63) is 12.2 Å². The molecule has 0 aliphatic carbocycles. The molecule has 0 aromatic rings. The number of primary amides is 1. The summed E-state index contributed by atoms with van der Waals surface area (Å²) in [6, 6.07) is 0. The third kappa shape index (κ3) is 8.48. The van der Waals surface area contributed by atoms with Crippen molar-refractivity contribution in [1.82, 2.24) is 0 Å². The third-order valence-electron chi connectivity index (χ3n) is 2.85. The summed E-state index contributed by atoms with van der Waals surface area (Å²) in [5.41, 5.74) is 4.99. The van der Waals surface area contributed by atoms with E-state index in [1.807, 2.05) is 6.08 Å². The number of methoxy groups -OCH3 is 1. The second kappa shape index (κ2) is 7.44. The number of rotatable bonds is 8. The van der Waals surface area contributed by atoms with Crippen molar-refractivity contribution in [2.75, 3.05) is 7.11 Å². The van der Waals surface area contributed by atoms with Gasteiger partial charge in [0.2, 0.25) is 5.91 Å². The molecule has 94 valence electrons. The van der Waals surface area contributed by atoms with Gasteiger partial charge in [0, 0.05) is 7.11 Å². The second-order valence-electron chi connectivity index (χ2n) is 5.00. The minimum atomic E-state index is -0.368. The maximum Gasteiger partial charge on any atom is 0.241 e. The van der Waals surface area contributed by atoms with Gasteiger partial charge in [0.1, 0.15) is 0 Å². The fourth-order valence-electron chi connectivity index (χ4n) is 1.51. The summed E-state index contributed by atoms with van der Waals surface area (Å²) < 4.78 is 5.36. The van der Waals surface area contributed by atoms with E-state index in [1.165, 1.54) is 6.08 Å². The first kappa shape index (κ1) is 15.2. The molecule has 0 spiro atoms. The third-order valence-corrected chi connectivity index (χ3v) is 2.85. The van der Waals surface area contributed by atoms with Crippen LogP contribution in [-0.4, -0.2) is 18.6 Å². The van der Waals surface area contributed by atoms with E-state index in [2.05, 4.69) is 20.8 Å². The van der Waals surface area contributed by atoms with Crippen LogP contribution in [0.15, 0.2) is 12.2 Å². The zero-order chi connectivity index (χ0) is 12.6. The Labute approximate surface area is 99.0 Å². The predicted octanol–water partition coefficient (Wildman–Crippen LogP) is 2.65. The zero-order valence-electron chi connectivity index (χ0n) is 11.0. The van der Waals surface area contributed by atoms with Gasteiger partial charge < -0.3 is 10.5 Å². The van der Waals surface area contributed by atoms with Crippen LogP contribution in [0.1, 0.15) is 46.5 Å². The summed E-state index contributed by atoms with van der Waals surface area (Å²) in [6.45, 7) is 6.39. The highest BCUT2D eigenvalue weighted by Gasteiger charge is 2.15. The molecule has 0 fully saturated rings. The SMILES string of the molecule is COC(C)(C)CCCC(C)C/C=C/C(N)=O. The van der Waals surface area contributed by atoms with E-state index in [1.54, 1.807) is 7.11 Å². The molecule has 0 aromatic carbocycles. The quantitative estimate of drug-likeness (QED) is 0.648. The average molecular weight is 227 g/mol. The van der Waals surface area contributed by atoms with E-state index >= 15 is 0 Å². The van der Waals surface area contributed by atoms with Crippen LogP contribution in [0.2, 0.25) is 0 Å². The highest BCUT2D eigenvalue weighted by molar-refractivity contribution is 5.85. The molecule has 0 rings (SSSR count). The van der Waals surface area contributed by atoms with E-state index in [0.717, 1.165) is 25.7 Å². The number of nitrogens with two attached hydrogens (primary N) is 1. The van der Waals surface area contributed by atoms with Crippen LogP contribution >= 0.6 is 0 Å². The van der Waals surface area contributed by atoms with Crippen LogP contribution in [-0.2, 0) is 9.53 Å². The van der Waals surface area contributed by atoms with E-state index in [9.17, 15) is 4.79 Å². The van der Waals surface area contributed by atoms with Crippen molar-refractivity contribution in [3.8, 4) is 0 Å². The van der Waals surface area contributed by atoms with Crippen molar-refractivity contribution < 1.29 is 9.53 Å². The first-order valence-electron chi connectivity index (χ1n) is 5.88. The maximum absolute atomic E-state index is 10.5. The molecule has 0 saturated carbocycles. The van der Waals surface area contributed by atoms with Crippen LogP contribution in [0.25, 0.3) is 0 Å². The second-order valence-corrected chi connectivity index (χ2v) is 5.00. The minimum absolute atomic E-state index is 0.0250. The van der Waals surface area contributed by atoms with E-state index < -0.39 is 0 Å². The monoisotopic (exact) mass is 227 g/mol. The van der Waals surface area contributed by atoms with Gasteiger partial charge in [-0.1, -0.05) is 25.8 Å². The lowest BCUT2D eigenvalue weighted by Gasteiger charge is -2.23. The Balaban J connectivity index is 3.66. The molecule has 1 unspecified atom stereocenters. The fraction of sp³-hybridized carbons (Fsp3) is 0.769. The van der Waals surface area contributed by atoms with Gasteiger partial charge in [0.15, 0.2) is 0 Å². The topological polar surface area (TPSA) is 52.3 Å². The molecule has 0 saturated heterocycles. The molecule has 0 radical (unpaired) electrons. The van der Waals surface area contributed by atoms with Gasteiger partial charge in [-0.3, -0.25) is 4.79 Å². The summed E-state index contributed by atoms with van der Waals surface area (Å²) >= 11 is 0. The fourth-order valence-corrected chi connectivity index (χ4v) is 1.51. The standard InChI is InChI=1S/C13H25NO2/c1-11(7-5-9-12(14)15)8-6-10-13(2,3)16-4/h5,9,11H,6-8,10H2,1-4H3,(H2,14,15)/b9-5+. The summed E-state index contributed by atoms with van der Waals surface area (Å²) in [5, 5.41) is 0. The number of hydrogen-bond donors (Lipinski definition) is 1. The van der Waals surface area contributed by atoms with E-state index in [4.69, 9.17) is 10.5 Å². The van der Waals surface area contributed by atoms with Crippen molar-refractivity contribution in [2.45, 2.75) is 52.1 Å². The predicted molar refractivity (Wildman–Crippen MR) is 67.1 cm³/mol. The summed E-state index contributed by atoms with van der Waals surface area (Å²) in [7, 11) is 1.75. The molecule has 3 nitrogen and oxygen atoms in total. The number of carbonyl (C=O) groups is 1. The molecule has 0 bridgehead atoms. The van der Waals surface area contributed by atoms with Crippen molar-refractivity contribution >= 4 is 5.91 Å². The highest BCUT2D eigenvalue weighted by Crippen LogP contribution is 2.20. The first-order chi connectivity index (χ1) is 7.37. The number of allylic oxidation sites excluding steroid dienone is 1. The highest BCUT2D eigenvalue weighted by atomic mass is 16.5. The molecule has 0 aromatic heterocycles. The number of hydrogen-bond acceptors (Lipinski definition) is 2. The molecule has 16 heavy (non-hydrogen) atoms. The Hall–Kier alpha value is -0.830. The van der Waals surface area contributed by atoms with Gasteiger partial charge in [-0.05, 0) is 38.7 Å². The maximum atomic E-state index is 10.5. The summed E-state index contributed by atoms with van der Waals surface area (Å²) in [5.74, 6) is 0.218. The molecular formula is C13H25NO2. The number of ether oxygens (including phenoxy) is 1. The minimum Gasteiger partial charge on any atom is -0.379 e. The van der Waals surface area contributed by atoms with Crippen LogP contribution in [0.3, 0.4) is 0 Å². The zero-order valence-corrected chi connectivity index (χ0v) is 11.0. The lowest BCUT2D eigenvalue weighted by molar-refractivity contribution is -0.113.